The number of nitrogens with one attached hydrogen (secondary N) is 1. The van der Waals surface area contributed by atoms with Crippen LogP contribution in [0.1, 0.15) is 19.4 Å². The van der Waals surface area contributed by atoms with E-state index in [4.69, 9.17) is 0 Å². The number of carbonyl (C=O) groups is 1. The van der Waals surface area contributed by atoms with E-state index >= 15 is 0 Å². The van der Waals surface area contributed by atoms with Crippen molar-refractivity contribution in [3.05, 3.63) is 41.6 Å². The van der Waals surface area contributed by atoms with Crippen LogP contribution in [0.5, 0.6) is 0 Å². The zero-order valence-electron chi connectivity index (χ0n) is 9.43. The van der Waals surface area contributed by atoms with E-state index in [1.807, 2.05) is 0 Å². The molecule has 0 radical (unpaired) electrons. The molecule has 1 rings (SSSR count). The van der Waals surface area contributed by atoms with E-state index in [2.05, 4.69) is 5.32 Å². The molecule has 92 valence electrons. The lowest BCUT2D eigenvalue weighted by atomic mass is 10.2. The molecule has 5 heteroatoms. The van der Waals surface area contributed by atoms with Crippen LogP contribution in [-0.2, 0) is 11.0 Å². The van der Waals surface area contributed by atoms with Crippen molar-refractivity contribution >= 4 is 11.5 Å². The van der Waals surface area contributed by atoms with E-state index in [1.54, 1.807) is 6.92 Å². The number of hydrogen-bond acceptors (Lipinski definition) is 2. The SMILES string of the molecule is CC(=O)/C=C(\C)Nc1cccc(C(F)(F)F)c1. The Balaban J connectivity index is 2.90. The summed E-state index contributed by atoms with van der Waals surface area (Å²) in [7, 11) is 0. The highest BCUT2D eigenvalue weighted by molar-refractivity contribution is 5.88. The fraction of sp³-hybridized carbons (Fsp3) is 0.250. The third-order valence-corrected chi connectivity index (χ3v) is 1.95. The Kier molecular flexibility index (Phi) is 3.93. The van der Waals surface area contributed by atoms with Gasteiger partial charge in [-0.25, -0.2) is 0 Å². The topological polar surface area (TPSA) is 29.1 Å². The molecule has 0 atom stereocenters. The van der Waals surface area contributed by atoms with Gasteiger partial charge in [-0.3, -0.25) is 4.79 Å². The molecule has 0 bridgehead atoms. The summed E-state index contributed by atoms with van der Waals surface area (Å²) in [6.45, 7) is 2.99. The molecule has 0 fully saturated rings. The molecule has 0 amide bonds. The number of ketones is 1. The lowest BCUT2D eigenvalue weighted by Crippen LogP contribution is -2.06. The molecule has 1 N–H and O–H groups in total. The van der Waals surface area contributed by atoms with Crippen LogP contribution in [0.15, 0.2) is 36.0 Å². The maximum atomic E-state index is 12.4. The molecule has 1 aromatic rings. The van der Waals surface area contributed by atoms with Gasteiger partial charge in [-0.15, -0.1) is 0 Å². The highest BCUT2D eigenvalue weighted by Crippen LogP contribution is 2.30. The van der Waals surface area contributed by atoms with Crippen molar-refractivity contribution < 1.29 is 18.0 Å². The van der Waals surface area contributed by atoms with Gasteiger partial charge in [0.1, 0.15) is 0 Å². The molecule has 17 heavy (non-hydrogen) atoms. The molecular weight excluding hydrogens is 231 g/mol. The van der Waals surface area contributed by atoms with Crippen LogP contribution < -0.4 is 5.32 Å². The number of alkyl halides is 3. The maximum absolute atomic E-state index is 12.4. The average Bonchev–Trinajstić information content (AvgIpc) is 2.15. The largest absolute Gasteiger partial charge is 0.416 e. The van der Waals surface area contributed by atoms with E-state index < -0.39 is 11.7 Å². The predicted molar refractivity (Wildman–Crippen MR) is 59.5 cm³/mol. The lowest BCUT2D eigenvalue weighted by molar-refractivity contribution is -0.137. The first kappa shape index (κ1) is 13.3. The van der Waals surface area contributed by atoms with Gasteiger partial charge in [0.05, 0.1) is 5.56 Å². The van der Waals surface area contributed by atoms with Gasteiger partial charge in [0.25, 0.3) is 0 Å². The first-order valence-electron chi connectivity index (χ1n) is 4.92. The molecular formula is C12H12F3NO. The van der Waals surface area contributed by atoms with Crippen LogP contribution >= 0.6 is 0 Å². The first-order chi connectivity index (χ1) is 7.79. The van der Waals surface area contributed by atoms with Gasteiger partial charge < -0.3 is 5.32 Å². The number of rotatable bonds is 3. The van der Waals surface area contributed by atoms with Gasteiger partial charge in [0.15, 0.2) is 5.78 Å². The quantitative estimate of drug-likeness (QED) is 0.821. The van der Waals surface area contributed by atoms with E-state index in [9.17, 15) is 18.0 Å². The second kappa shape index (κ2) is 5.03. The first-order valence-corrected chi connectivity index (χ1v) is 4.92. The van der Waals surface area contributed by atoms with Crippen LogP contribution in [-0.4, -0.2) is 5.78 Å². The smallest absolute Gasteiger partial charge is 0.359 e. The van der Waals surface area contributed by atoms with Crippen molar-refractivity contribution in [3.8, 4) is 0 Å². The predicted octanol–water partition coefficient (Wildman–Crippen LogP) is 3.61. The summed E-state index contributed by atoms with van der Waals surface area (Å²) in [5.41, 5.74) is 0.0739. The summed E-state index contributed by atoms with van der Waals surface area (Å²) in [5.74, 6) is -0.165. The van der Waals surface area contributed by atoms with Crippen LogP contribution in [0.2, 0.25) is 0 Å². The van der Waals surface area contributed by atoms with Gasteiger partial charge >= 0.3 is 6.18 Å². The van der Waals surface area contributed by atoms with Gasteiger partial charge in [-0.1, -0.05) is 6.07 Å². The molecule has 2 nitrogen and oxygen atoms in total. The standard InChI is InChI=1S/C12H12F3NO/c1-8(6-9(2)17)16-11-5-3-4-10(7-11)12(13,14)15/h3-7,16H,1-2H3/b8-6+. The number of carbonyl (C=O) groups excluding carboxylic acids is 1. The number of anilines is 1. The zero-order valence-corrected chi connectivity index (χ0v) is 9.43. The molecule has 0 spiro atoms. The van der Waals surface area contributed by atoms with Crippen molar-refractivity contribution in [3.63, 3.8) is 0 Å². The molecule has 0 saturated carbocycles. The molecule has 0 saturated heterocycles. The van der Waals surface area contributed by atoms with E-state index in [1.165, 1.54) is 25.1 Å². The Bertz CT molecular complexity index is 449. The van der Waals surface area contributed by atoms with Gasteiger partial charge in [-0.2, -0.15) is 13.2 Å². The Labute approximate surface area is 97.1 Å². The van der Waals surface area contributed by atoms with E-state index in [-0.39, 0.29) is 5.78 Å². The minimum atomic E-state index is -4.37. The fourth-order valence-electron chi connectivity index (χ4n) is 1.34. The minimum Gasteiger partial charge on any atom is -0.359 e. The highest BCUT2D eigenvalue weighted by atomic mass is 19.4. The second-order valence-corrected chi connectivity index (χ2v) is 3.64. The van der Waals surface area contributed by atoms with Crippen LogP contribution in [0.4, 0.5) is 18.9 Å². The van der Waals surface area contributed by atoms with Crippen LogP contribution in [0.25, 0.3) is 0 Å². The molecule has 1 aromatic carbocycles. The van der Waals surface area contributed by atoms with Crippen molar-refractivity contribution in [1.82, 2.24) is 0 Å². The van der Waals surface area contributed by atoms with Gasteiger partial charge in [0.2, 0.25) is 0 Å². The number of allylic oxidation sites excluding steroid dienone is 2. The van der Waals surface area contributed by atoms with E-state index in [0.717, 1.165) is 12.1 Å². The second-order valence-electron chi connectivity index (χ2n) is 3.64. The average molecular weight is 243 g/mol. The van der Waals surface area contributed by atoms with Crippen LogP contribution in [0, 0.1) is 0 Å². The monoisotopic (exact) mass is 243 g/mol. The lowest BCUT2D eigenvalue weighted by Gasteiger charge is -2.10. The summed E-state index contributed by atoms with van der Waals surface area (Å²) < 4.78 is 37.3. The highest BCUT2D eigenvalue weighted by Gasteiger charge is 2.30. The van der Waals surface area contributed by atoms with Crippen molar-refractivity contribution in [2.45, 2.75) is 20.0 Å². The molecule has 0 aliphatic carbocycles. The third kappa shape index (κ3) is 4.30. The molecule has 0 aliphatic heterocycles. The Morgan fingerprint density at radius 3 is 2.47 bits per heavy atom. The Morgan fingerprint density at radius 1 is 1.29 bits per heavy atom. The third-order valence-electron chi connectivity index (χ3n) is 1.95. The van der Waals surface area contributed by atoms with Crippen molar-refractivity contribution in [2.75, 3.05) is 5.32 Å². The molecule has 0 heterocycles. The number of hydrogen-bond donors (Lipinski definition) is 1. The zero-order chi connectivity index (χ0) is 13.1. The summed E-state index contributed by atoms with van der Waals surface area (Å²) in [6, 6.07) is 4.81. The summed E-state index contributed by atoms with van der Waals surface area (Å²) in [4.78, 5) is 10.8. The van der Waals surface area contributed by atoms with Crippen molar-refractivity contribution in [2.24, 2.45) is 0 Å². The van der Waals surface area contributed by atoms with Gasteiger partial charge in [0, 0.05) is 11.4 Å². The summed E-state index contributed by atoms with van der Waals surface area (Å²) >= 11 is 0. The molecule has 0 aromatic heterocycles. The van der Waals surface area contributed by atoms with Gasteiger partial charge in [-0.05, 0) is 38.1 Å². The summed E-state index contributed by atoms with van der Waals surface area (Å²) in [5, 5.41) is 2.73. The number of benzene rings is 1. The minimum absolute atomic E-state index is 0.165. The fourth-order valence-corrected chi connectivity index (χ4v) is 1.34. The Hall–Kier alpha value is -1.78. The van der Waals surface area contributed by atoms with E-state index in [0.29, 0.717) is 11.4 Å². The maximum Gasteiger partial charge on any atom is 0.416 e. The molecule has 0 unspecified atom stereocenters. The normalized spacial score (nSPS) is 12.4. The Morgan fingerprint density at radius 2 is 1.94 bits per heavy atom. The van der Waals surface area contributed by atoms with Crippen LogP contribution in [0.3, 0.4) is 0 Å². The van der Waals surface area contributed by atoms with Crippen molar-refractivity contribution in [1.29, 1.82) is 0 Å². The molecule has 0 aliphatic rings. The number of halogens is 3. The summed E-state index contributed by atoms with van der Waals surface area (Å²) in [6.07, 6.45) is -3.05.